The van der Waals surface area contributed by atoms with Crippen molar-refractivity contribution < 1.29 is 8.42 Å². The molecule has 0 bridgehead atoms. The number of sulfonamides is 1. The molecule has 0 spiro atoms. The van der Waals surface area contributed by atoms with E-state index < -0.39 is 10.0 Å². The summed E-state index contributed by atoms with van der Waals surface area (Å²) >= 11 is 0. The van der Waals surface area contributed by atoms with Crippen LogP contribution in [0.4, 0.5) is 5.69 Å². The number of aromatic nitrogens is 2. The van der Waals surface area contributed by atoms with Crippen LogP contribution in [-0.2, 0) is 10.0 Å². The molecule has 1 heterocycles. The molecule has 3 rings (SSSR count). The van der Waals surface area contributed by atoms with Crippen LogP contribution in [0.3, 0.4) is 0 Å². The molecule has 7 heteroatoms. The summed E-state index contributed by atoms with van der Waals surface area (Å²) in [6.45, 7) is 8.14. The Hall–Kier alpha value is -2.54. The quantitative estimate of drug-likeness (QED) is 0.633. The van der Waals surface area contributed by atoms with E-state index in [2.05, 4.69) is 14.7 Å². The lowest BCUT2D eigenvalue weighted by atomic mass is 9.93. The van der Waals surface area contributed by atoms with Gasteiger partial charge in [-0.15, -0.1) is 0 Å². The first kappa shape index (κ1) is 18.3. The third kappa shape index (κ3) is 3.39. The van der Waals surface area contributed by atoms with Gasteiger partial charge < -0.3 is 9.97 Å². The standard InChI is InChI=1S/C19H23N3O3S/c1-11(2)14-6-5-7-15(12(3)4)18(14)22-26(24,25)13-8-9-16-17(10-13)21-19(23)20-16/h5-12,22H,1-4H3,(H2,20,21,23). The van der Waals surface area contributed by atoms with E-state index in [1.165, 1.54) is 12.1 Å². The zero-order valence-corrected chi connectivity index (χ0v) is 16.1. The minimum absolute atomic E-state index is 0.105. The topological polar surface area (TPSA) is 94.8 Å². The molecule has 0 amide bonds. The van der Waals surface area contributed by atoms with Gasteiger partial charge in [0.2, 0.25) is 0 Å². The normalized spacial score (nSPS) is 12.2. The van der Waals surface area contributed by atoms with Crippen LogP contribution in [-0.4, -0.2) is 18.4 Å². The summed E-state index contributed by atoms with van der Waals surface area (Å²) in [7, 11) is -3.79. The highest BCUT2D eigenvalue weighted by atomic mass is 32.2. The van der Waals surface area contributed by atoms with E-state index in [0.29, 0.717) is 16.7 Å². The zero-order chi connectivity index (χ0) is 19.1. The Kier molecular flexibility index (Phi) is 4.66. The first-order valence-electron chi connectivity index (χ1n) is 8.56. The fourth-order valence-electron chi connectivity index (χ4n) is 3.04. The molecule has 3 aromatic rings. The molecule has 0 aliphatic rings. The van der Waals surface area contributed by atoms with Crippen molar-refractivity contribution >= 4 is 26.7 Å². The van der Waals surface area contributed by atoms with E-state index in [1.54, 1.807) is 6.07 Å². The highest BCUT2D eigenvalue weighted by molar-refractivity contribution is 7.92. The predicted molar refractivity (Wildman–Crippen MR) is 104 cm³/mol. The van der Waals surface area contributed by atoms with Gasteiger partial charge in [0, 0.05) is 0 Å². The summed E-state index contributed by atoms with van der Waals surface area (Å²) in [5.74, 6) is 0.352. The highest BCUT2D eigenvalue weighted by Gasteiger charge is 2.21. The number of rotatable bonds is 5. The van der Waals surface area contributed by atoms with Crippen LogP contribution in [0.25, 0.3) is 11.0 Å². The molecule has 0 radical (unpaired) electrons. The number of hydrogen-bond acceptors (Lipinski definition) is 3. The summed E-state index contributed by atoms with van der Waals surface area (Å²) in [6, 6.07) is 10.4. The molecule has 0 unspecified atom stereocenters. The second kappa shape index (κ2) is 6.64. The van der Waals surface area contributed by atoms with Crippen LogP contribution in [0.2, 0.25) is 0 Å². The average Bonchev–Trinajstić information content (AvgIpc) is 2.93. The van der Waals surface area contributed by atoms with Crippen LogP contribution < -0.4 is 10.4 Å². The smallest absolute Gasteiger partial charge is 0.306 e. The number of H-pyrrole nitrogens is 2. The van der Waals surface area contributed by atoms with Gasteiger partial charge in [-0.2, -0.15) is 0 Å². The van der Waals surface area contributed by atoms with Crippen molar-refractivity contribution in [3.63, 3.8) is 0 Å². The number of benzene rings is 2. The lowest BCUT2D eigenvalue weighted by molar-refractivity contribution is 0.601. The van der Waals surface area contributed by atoms with E-state index in [9.17, 15) is 13.2 Å². The van der Waals surface area contributed by atoms with Crippen LogP contribution in [0, 0.1) is 0 Å². The number of anilines is 1. The van der Waals surface area contributed by atoms with Crippen molar-refractivity contribution in [2.75, 3.05) is 4.72 Å². The first-order chi connectivity index (χ1) is 12.2. The van der Waals surface area contributed by atoms with E-state index in [0.717, 1.165) is 11.1 Å². The van der Waals surface area contributed by atoms with E-state index in [4.69, 9.17) is 0 Å². The van der Waals surface area contributed by atoms with Gasteiger partial charge in [0.1, 0.15) is 0 Å². The highest BCUT2D eigenvalue weighted by Crippen LogP contribution is 2.34. The molecule has 0 aliphatic carbocycles. The van der Waals surface area contributed by atoms with E-state index >= 15 is 0 Å². The minimum Gasteiger partial charge on any atom is -0.306 e. The largest absolute Gasteiger partial charge is 0.323 e. The number of imidazole rings is 1. The Morgan fingerprint density at radius 2 is 1.46 bits per heavy atom. The van der Waals surface area contributed by atoms with Crippen LogP contribution in [0.15, 0.2) is 46.1 Å². The summed E-state index contributed by atoms with van der Waals surface area (Å²) < 4.78 is 28.8. The third-order valence-corrected chi connectivity index (χ3v) is 5.75. The Bertz CT molecular complexity index is 1080. The lowest BCUT2D eigenvalue weighted by Crippen LogP contribution is -2.16. The molecule has 1 aromatic heterocycles. The van der Waals surface area contributed by atoms with Crippen molar-refractivity contribution in [3.05, 3.63) is 58.0 Å². The van der Waals surface area contributed by atoms with Gasteiger partial charge in [-0.1, -0.05) is 45.9 Å². The fourth-order valence-corrected chi connectivity index (χ4v) is 4.18. The molecule has 138 valence electrons. The van der Waals surface area contributed by atoms with Gasteiger partial charge in [-0.05, 0) is 41.2 Å². The Morgan fingerprint density at radius 3 is 2.04 bits per heavy atom. The van der Waals surface area contributed by atoms with Crippen LogP contribution >= 0.6 is 0 Å². The van der Waals surface area contributed by atoms with Gasteiger partial charge in [0.15, 0.2) is 0 Å². The summed E-state index contributed by atoms with van der Waals surface area (Å²) in [6.07, 6.45) is 0. The van der Waals surface area contributed by atoms with Gasteiger partial charge in [-0.3, -0.25) is 4.72 Å². The fraction of sp³-hybridized carbons (Fsp3) is 0.316. The SMILES string of the molecule is CC(C)c1cccc(C(C)C)c1NS(=O)(=O)c1ccc2[nH]c(=O)[nH]c2c1. The number of para-hydroxylation sites is 1. The second-order valence-corrected chi connectivity index (χ2v) is 8.70. The minimum atomic E-state index is -3.79. The molecule has 0 aliphatic heterocycles. The molecule has 0 atom stereocenters. The maximum atomic E-state index is 13.0. The molecular weight excluding hydrogens is 350 g/mol. The Balaban J connectivity index is 2.10. The van der Waals surface area contributed by atoms with Crippen molar-refractivity contribution in [3.8, 4) is 0 Å². The Morgan fingerprint density at radius 1 is 0.885 bits per heavy atom. The lowest BCUT2D eigenvalue weighted by Gasteiger charge is -2.20. The van der Waals surface area contributed by atoms with Gasteiger partial charge in [-0.25, -0.2) is 13.2 Å². The monoisotopic (exact) mass is 373 g/mol. The van der Waals surface area contributed by atoms with Crippen LogP contribution in [0.5, 0.6) is 0 Å². The first-order valence-corrected chi connectivity index (χ1v) is 10.0. The van der Waals surface area contributed by atoms with Crippen molar-refractivity contribution in [2.45, 2.75) is 44.4 Å². The predicted octanol–water partition coefficient (Wildman–Crippen LogP) is 3.90. The number of aromatic amines is 2. The van der Waals surface area contributed by atoms with Crippen molar-refractivity contribution in [2.24, 2.45) is 0 Å². The van der Waals surface area contributed by atoms with Crippen LogP contribution in [0.1, 0.15) is 50.7 Å². The molecule has 0 saturated carbocycles. The maximum Gasteiger partial charge on any atom is 0.323 e. The second-order valence-electron chi connectivity index (χ2n) is 7.01. The van der Waals surface area contributed by atoms with E-state index in [1.807, 2.05) is 45.9 Å². The summed E-state index contributed by atoms with van der Waals surface area (Å²) in [5, 5.41) is 0. The van der Waals surface area contributed by atoms with Gasteiger partial charge in [0.25, 0.3) is 10.0 Å². The molecule has 2 aromatic carbocycles. The van der Waals surface area contributed by atoms with Crippen molar-refractivity contribution in [1.29, 1.82) is 0 Å². The number of hydrogen-bond donors (Lipinski definition) is 3. The molecule has 3 N–H and O–H groups in total. The molecular formula is C19H23N3O3S. The third-order valence-electron chi connectivity index (χ3n) is 4.41. The molecule has 26 heavy (non-hydrogen) atoms. The van der Waals surface area contributed by atoms with E-state index in [-0.39, 0.29) is 22.4 Å². The summed E-state index contributed by atoms with van der Waals surface area (Å²) in [4.78, 5) is 16.7. The molecule has 0 fully saturated rings. The average molecular weight is 373 g/mol. The molecule has 0 saturated heterocycles. The number of fused-ring (bicyclic) bond motifs is 1. The summed E-state index contributed by atoms with van der Waals surface area (Å²) in [5.41, 5.74) is 3.21. The maximum absolute atomic E-state index is 13.0. The Labute approximate surface area is 152 Å². The molecule has 6 nitrogen and oxygen atoms in total. The van der Waals surface area contributed by atoms with Gasteiger partial charge in [0.05, 0.1) is 21.6 Å². The number of nitrogens with one attached hydrogen (secondary N) is 3. The zero-order valence-electron chi connectivity index (χ0n) is 15.3. The van der Waals surface area contributed by atoms with Crippen molar-refractivity contribution in [1.82, 2.24) is 9.97 Å². The van der Waals surface area contributed by atoms with Gasteiger partial charge >= 0.3 is 5.69 Å².